The molecule has 3 aliphatic rings. The first-order chi connectivity index (χ1) is 18.1. The van der Waals surface area contributed by atoms with E-state index < -0.39 is 17.8 Å². The van der Waals surface area contributed by atoms with E-state index in [1.165, 1.54) is 18.9 Å². The molecule has 2 aliphatic heterocycles. The molecule has 8 nitrogen and oxygen atoms in total. The third-order valence-electron chi connectivity index (χ3n) is 8.08. The molecule has 0 radical (unpaired) electrons. The van der Waals surface area contributed by atoms with Gasteiger partial charge in [-0.25, -0.2) is 4.98 Å². The number of alkyl halides is 3. The molecule has 3 fully saturated rings. The van der Waals surface area contributed by atoms with E-state index >= 15 is 0 Å². The molecule has 3 aromatic rings. The minimum Gasteiger partial charge on any atom is -0.379 e. The number of anilines is 1. The van der Waals surface area contributed by atoms with Gasteiger partial charge in [0.1, 0.15) is 23.5 Å². The average molecular weight is 527 g/mol. The van der Waals surface area contributed by atoms with Gasteiger partial charge in [0, 0.05) is 37.7 Å². The highest BCUT2D eigenvalue weighted by atomic mass is 19.4. The predicted molar refractivity (Wildman–Crippen MR) is 132 cm³/mol. The van der Waals surface area contributed by atoms with Gasteiger partial charge in [0.2, 0.25) is 0 Å². The van der Waals surface area contributed by atoms with Crippen LogP contribution in [0.15, 0.2) is 42.7 Å². The van der Waals surface area contributed by atoms with Crippen LogP contribution in [0.4, 0.5) is 18.9 Å². The second-order valence-electron chi connectivity index (χ2n) is 11.0. The highest BCUT2D eigenvalue weighted by molar-refractivity contribution is 6.03. The smallest absolute Gasteiger partial charge is 0.379 e. The standard InChI is InChI=1S/C27H29F3N6O2/c1-35-17-31-34-23(35)12-26(15-38-16-26)19-3-2-4-20(11-19)32-24(37)21-9-18(10-22(33-21)27(28,29)30)13-36-8-7-25(14-36)5-6-25/h2-4,9-11,17H,5-8,12-16H2,1H3,(H,32,37). The van der Waals surface area contributed by atoms with Gasteiger partial charge in [-0.1, -0.05) is 12.1 Å². The van der Waals surface area contributed by atoms with Crippen molar-refractivity contribution in [2.75, 3.05) is 31.6 Å². The van der Waals surface area contributed by atoms with E-state index in [9.17, 15) is 18.0 Å². The SMILES string of the molecule is Cn1cnnc1CC1(c2cccc(NC(=O)c3cc(CN4CCC5(CC5)C4)cc(C(F)(F)F)n3)c2)COC1. The van der Waals surface area contributed by atoms with Crippen LogP contribution in [0.5, 0.6) is 0 Å². The fraction of sp³-hybridized carbons (Fsp3) is 0.481. The number of likely N-dealkylation sites (tertiary alicyclic amines) is 1. The minimum atomic E-state index is -4.65. The molecule has 2 saturated heterocycles. The number of benzene rings is 1. The van der Waals surface area contributed by atoms with Crippen LogP contribution in [0.25, 0.3) is 0 Å². The Morgan fingerprint density at radius 1 is 1.16 bits per heavy atom. The lowest BCUT2D eigenvalue weighted by molar-refractivity contribution is -0.141. The summed E-state index contributed by atoms with van der Waals surface area (Å²) in [4.78, 5) is 19.0. The van der Waals surface area contributed by atoms with E-state index in [1.807, 2.05) is 29.8 Å². The van der Waals surface area contributed by atoms with Gasteiger partial charge in [-0.3, -0.25) is 9.69 Å². The van der Waals surface area contributed by atoms with E-state index in [-0.39, 0.29) is 11.1 Å². The Hall–Kier alpha value is -3.31. The molecule has 1 saturated carbocycles. The number of aryl methyl sites for hydroxylation is 1. The average Bonchev–Trinajstić information content (AvgIpc) is 3.31. The number of aromatic nitrogens is 4. The van der Waals surface area contributed by atoms with Crippen molar-refractivity contribution in [3.05, 3.63) is 71.1 Å². The van der Waals surface area contributed by atoms with Crippen LogP contribution in [0, 0.1) is 5.41 Å². The van der Waals surface area contributed by atoms with E-state index in [1.54, 1.807) is 12.4 Å². The second-order valence-corrected chi connectivity index (χ2v) is 11.0. The zero-order valence-corrected chi connectivity index (χ0v) is 21.1. The van der Waals surface area contributed by atoms with E-state index in [0.29, 0.717) is 42.8 Å². The first kappa shape index (κ1) is 25.0. The number of hydrogen-bond donors (Lipinski definition) is 1. The Morgan fingerprint density at radius 3 is 2.61 bits per heavy atom. The lowest BCUT2D eigenvalue weighted by Crippen LogP contribution is -2.49. The quantitative estimate of drug-likeness (QED) is 0.502. The van der Waals surface area contributed by atoms with Crippen molar-refractivity contribution in [3.63, 3.8) is 0 Å². The predicted octanol–water partition coefficient (Wildman–Crippen LogP) is 3.98. The van der Waals surface area contributed by atoms with Gasteiger partial charge >= 0.3 is 6.18 Å². The molecule has 1 amide bonds. The highest BCUT2D eigenvalue weighted by Gasteiger charge is 2.47. The van der Waals surface area contributed by atoms with Gasteiger partial charge in [-0.05, 0) is 66.6 Å². The van der Waals surface area contributed by atoms with Crippen molar-refractivity contribution in [3.8, 4) is 0 Å². The zero-order valence-electron chi connectivity index (χ0n) is 21.1. The summed E-state index contributed by atoms with van der Waals surface area (Å²) in [7, 11) is 1.88. The molecule has 0 bridgehead atoms. The molecule has 11 heteroatoms. The van der Waals surface area contributed by atoms with Crippen molar-refractivity contribution < 1.29 is 22.7 Å². The maximum atomic E-state index is 13.7. The maximum absolute atomic E-state index is 13.7. The third kappa shape index (κ3) is 4.92. The molecule has 4 heterocycles. The fourth-order valence-corrected chi connectivity index (χ4v) is 5.56. The van der Waals surface area contributed by atoms with Gasteiger partial charge in [-0.15, -0.1) is 10.2 Å². The Labute approximate surface area is 218 Å². The Balaban J connectivity index is 1.22. The van der Waals surface area contributed by atoms with Gasteiger partial charge in [0.25, 0.3) is 5.91 Å². The number of rotatable bonds is 7. The Morgan fingerprint density at radius 2 is 1.97 bits per heavy atom. The maximum Gasteiger partial charge on any atom is 0.433 e. The molecule has 1 aliphatic carbocycles. The van der Waals surface area contributed by atoms with Crippen molar-refractivity contribution in [1.82, 2.24) is 24.6 Å². The van der Waals surface area contributed by atoms with Crippen LogP contribution >= 0.6 is 0 Å². The first-order valence-electron chi connectivity index (χ1n) is 12.8. The normalized spacial score (nSPS) is 19.9. The fourth-order valence-electron chi connectivity index (χ4n) is 5.56. The van der Waals surface area contributed by atoms with Crippen molar-refractivity contribution in [1.29, 1.82) is 0 Å². The van der Waals surface area contributed by atoms with Crippen LogP contribution in [0.1, 0.15) is 52.4 Å². The van der Waals surface area contributed by atoms with E-state index in [4.69, 9.17) is 4.74 Å². The highest BCUT2D eigenvalue weighted by Crippen LogP contribution is 2.52. The molecule has 1 N–H and O–H groups in total. The number of amides is 1. The molecule has 2 aromatic heterocycles. The largest absolute Gasteiger partial charge is 0.433 e. The summed E-state index contributed by atoms with van der Waals surface area (Å²) in [5.41, 5.74) is 0.611. The Bertz CT molecular complexity index is 1360. The van der Waals surface area contributed by atoms with Gasteiger partial charge in [-0.2, -0.15) is 13.2 Å². The summed E-state index contributed by atoms with van der Waals surface area (Å²) in [6, 6.07) is 9.85. The van der Waals surface area contributed by atoms with E-state index in [0.717, 1.165) is 37.0 Å². The first-order valence-corrected chi connectivity index (χ1v) is 12.8. The number of pyridine rings is 1. The zero-order chi connectivity index (χ0) is 26.5. The molecule has 200 valence electrons. The number of hydrogen-bond acceptors (Lipinski definition) is 6. The molecule has 38 heavy (non-hydrogen) atoms. The van der Waals surface area contributed by atoms with Crippen molar-refractivity contribution in [2.24, 2.45) is 12.5 Å². The number of halogens is 3. The van der Waals surface area contributed by atoms with Gasteiger partial charge in [0.15, 0.2) is 0 Å². The summed E-state index contributed by atoms with van der Waals surface area (Å²) in [6.45, 7) is 3.11. The van der Waals surface area contributed by atoms with Crippen molar-refractivity contribution >= 4 is 11.6 Å². The van der Waals surface area contributed by atoms with Gasteiger partial charge in [0.05, 0.1) is 13.2 Å². The number of ether oxygens (including phenoxy) is 1. The van der Waals surface area contributed by atoms with Crippen LogP contribution in [-0.2, 0) is 36.3 Å². The lowest BCUT2D eigenvalue weighted by atomic mass is 9.75. The number of carbonyl (C=O) groups is 1. The van der Waals surface area contributed by atoms with Crippen LogP contribution in [0.3, 0.4) is 0 Å². The molecular formula is C27H29F3N6O2. The molecular weight excluding hydrogens is 497 g/mol. The number of nitrogens with one attached hydrogen (secondary N) is 1. The summed E-state index contributed by atoms with van der Waals surface area (Å²) in [5.74, 6) is 0.135. The molecule has 0 unspecified atom stereocenters. The molecule has 6 rings (SSSR count). The molecule has 0 atom stereocenters. The van der Waals surface area contributed by atoms with Crippen molar-refractivity contribution in [2.45, 2.75) is 43.8 Å². The lowest BCUT2D eigenvalue weighted by Gasteiger charge is -2.41. The van der Waals surface area contributed by atoms with Crippen LogP contribution < -0.4 is 5.32 Å². The van der Waals surface area contributed by atoms with Crippen LogP contribution in [0.2, 0.25) is 0 Å². The second kappa shape index (κ2) is 9.16. The molecule has 1 spiro atoms. The van der Waals surface area contributed by atoms with Gasteiger partial charge < -0.3 is 14.6 Å². The Kier molecular flexibility index (Phi) is 6.03. The van der Waals surface area contributed by atoms with E-state index in [2.05, 4.69) is 25.4 Å². The summed E-state index contributed by atoms with van der Waals surface area (Å²) < 4.78 is 48.4. The molecule has 1 aromatic carbocycles. The number of nitrogens with zero attached hydrogens (tertiary/aromatic N) is 5. The monoisotopic (exact) mass is 526 g/mol. The number of carbonyl (C=O) groups excluding carboxylic acids is 1. The summed E-state index contributed by atoms with van der Waals surface area (Å²) in [5, 5.41) is 10.9. The topological polar surface area (TPSA) is 85.2 Å². The summed E-state index contributed by atoms with van der Waals surface area (Å²) in [6.07, 6.45) is 1.06. The minimum absolute atomic E-state index is 0.249. The summed E-state index contributed by atoms with van der Waals surface area (Å²) >= 11 is 0. The van der Waals surface area contributed by atoms with Crippen LogP contribution in [-0.4, -0.2) is 56.9 Å². The third-order valence-corrected chi connectivity index (χ3v) is 8.08.